The van der Waals surface area contributed by atoms with Gasteiger partial charge in [0.15, 0.2) is 0 Å². The van der Waals surface area contributed by atoms with Gasteiger partial charge in [-0.2, -0.15) is 0 Å². The zero-order valence-electron chi connectivity index (χ0n) is 11.4. The smallest absolute Gasteiger partial charge is 0.329 e. The average molecular weight is 346 g/mol. The summed E-state index contributed by atoms with van der Waals surface area (Å²) in [5.74, 6) is -0.712. The van der Waals surface area contributed by atoms with Gasteiger partial charge in [0, 0.05) is 5.56 Å². The first kappa shape index (κ1) is 16.4. The number of hydrogen-bond donors (Lipinski definition) is 2. The standard InChI is InChI=1S/C12H16BrN3O4/c1-4-5-12(3,11(17)18)15-10-9(13)7(2)8(6-14-10)16(19)20/h6H,4-5H2,1-3H3,(H,14,15)(H,17,18). The Labute approximate surface area is 124 Å². The first-order valence-electron chi connectivity index (χ1n) is 6.04. The highest BCUT2D eigenvalue weighted by atomic mass is 79.9. The second-order valence-electron chi connectivity index (χ2n) is 4.70. The van der Waals surface area contributed by atoms with E-state index in [1.165, 1.54) is 0 Å². The third kappa shape index (κ3) is 3.24. The predicted octanol–water partition coefficient (Wildman–Crippen LogP) is 3.12. The molecule has 0 amide bonds. The fourth-order valence-electron chi connectivity index (χ4n) is 1.82. The second-order valence-corrected chi connectivity index (χ2v) is 5.49. The third-order valence-corrected chi connectivity index (χ3v) is 4.02. The van der Waals surface area contributed by atoms with Crippen molar-refractivity contribution in [1.82, 2.24) is 4.98 Å². The minimum Gasteiger partial charge on any atom is -0.480 e. The predicted molar refractivity (Wildman–Crippen MR) is 77.9 cm³/mol. The fourth-order valence-corrected chi connectivity index (χ4v) is 2.23. The molecule has 1 unspecified atom stereocenters. The molecule has 1 aromatic heterocycles. The number of nitrogens with zero attached hydrogens (tertiary/aromatic N) is 2. The molecule has 7 nitrogen and oxygen atoms in total. The summed E-state index contributed by atoms with van der Waals surface area (Å²) < 4.78 is 0.398. The van der Waals surface area contributed by atoms with Crippen molar-refractivity contribution < 1.29 is 14.8 Å². The van der Waals surface area contributed by atoms with E-state index >= 15 is 0 Å². The molecule has 0 saturated carbocycles. The highest BCUT2D eigenvalue weighted by Crippen LogP contribution is 2.32. The molecule has 0 radical (unpaired) electrons. The van der Waals surface area contributed by atoms with E-state index in [1.54, 1.807) is 13.8 Å². The Morgan fingerprint density at radius 1 is 1.65 bits per heavy atom. The number of aromatic nitrogens is 1. The van der Waals surface area contributed by atoms with E-state index in [0.29, 0.717) is 22.9 Å². The first-order valence-corrected chi connectivity index (χ1v) is 6.83. The lowest BCUT2D eigenvalue weighted by Gasteiger charge is -2.27. The van der Waals surface area contributed by atoms with Gasteiger partial charge in [0.25, 0.3) is 5.69 Å². The molecule has 8 heteroatoms. The van der Waals surface area contributed by atoms with Crippen LogP contribution in [-0.4, -0.2) is 26.5 Å². The molecule has 20 heavy (non-hydrogen) atoms. The van der Waals surface area contributed by atoms with Gasteiger partial charge in [0.2, 0.25) is 0 Å². The van der Waals surface area contributed by atoms with Crippen LogP contribution in [0.2, 0.25) is 0 Å². The molecule has 0 aliphatic carbocycles. The number of anilines is 1. The highest BCUT2D eigenvalue weighted by Gasteiger charge is 2.33. The summed E-state index contributed by atoms with van der Waals surface area (Å²) >= 11 is 3.23. The fraction of sp³-hybridized carbons (Fsp3) is 0.500. The Morgan fingerprint density at radius 3 is 2.70 bits per heavy atom. The van der Waals surface area contributed by atoms with E-state index in [4.69, 9.17) is 0 Å². The molecule has 1 heterocycles. The molecule has 110 valence electrons. The van der Waals surface area contributed by atoms with Gasteiger partial charge in [-0.3, -0.25) is 10.1 Å². The van der Waals surface area contributed by atoms with Crippen LogP contribution < -0.4 is 5.32 Å². The topological polar surface area (TPSA) is 105 Å². The molecule has 0 saturated heterocycles. The normalized spacial score (nSPS) is 13.6. The van der Waals surface area contributed by atoms with E-state index in [1.807, 2.05) is 6.92 Å². The van der Waals surface area contributed by atoms with Gasteiger partial charge in [0.05, 0.1) is 9.40 Å². The molecule has 1 atom stereocenters. The number of carboxylic acid groups (broad SMARTS) is 1. The molecule has 0 fully saturated rings. The lowest BCUT2D eigenvalue weighted by Crippen LogP contribution is -2.43. The van der Waals surface area contributed by atoms with Crippen LogP contribution in [0.5, 0.6) is 0 Å². The lowest BCUT2D eigenvalue weighted by atomic mass is 9.96. The Morgan fingerprint density at radius 2 is 2.25 bits per heavy atom. The number of rotatable bonds is 6. The van der Waals surface area contributed by atoms with Crippen LogP contribution in [0.3, 0.4) is 0 Å². The van der Waals surface area contributed by atoms with E-state index in [0.717, 1.165) is 6.20 Å². The lowest BCUT2D eigenvalue weighted by molar-refractivity contribution is -0.385. The number of carboxylic acids is 1. The minimum atomic E-state index is -1.17. The van der Waals surface area contributed by atoms with Crippen molar-refractivity contribution in [3.63, 3.8) is 0 Å². The third-order valence-electron chi connectivity index (χ3n) is 3.05. The molecular formula is C12H16BrN3O4. The number of hydrogen-bond acceptors (Lipinski definition) is 5. The van der Waals surface area contributed by atoms with Gasteiger partial charge in [-0.15, -0.1) is 0 Å². The van der Waals surface area contributed by atoms with Crippen LogP contribution in [0.15, 0.2) is 10.7 Å². The summed E-state index contributed by atoms with van der Waals surface area (Å²) in [6.07, 6.45) is 2.21. The molecule has 0 aliphatic heterocycles. The zero-order chi connectivity index (χ0) is 15.5. The molecule has 0 bridgehead atoms. The van der Waals surface area contributed by atoms with Crippen molar-refractivity contribution in [2.24, 2.45) is 0 Å². The monoisotopic (exact) mass is 345 g/mol. The number of nitro groups is 1. The summed E-state index contributed by atoms with van der Waals surface area (Å²) in [5, 5.41) is 23.0. The van der Waals surface area contributed by atoms with Gasteiger partial charge in [-0.05, 0) is 36.2 Å². The molecule has 0 aromatic carbocycles. The van der Waals surface area contributed by atoms with Crippen molar-refractivity contribution in [3.8, 4) is 0 Å². The number of aliphatic carboxylic acids is 1. The van der Waals surface area contributed by atoms with Crippen LogP contribution in [0.4, 0.5) is 11.5 Å². The van der Waals surface area contributed by atoms with Crippen LogP contribution in [0, 0.1) is 17.0 Å². The van der Waals surface area contributed by atoms with Crippen molar-refractivity contribution in [3.05, 3.63) is 26.3 Å². The van der Waals surface area contributed by atoms with Crippen LogP contribution in [0.25, 0.3) is 0 Å². The minimum absolute atomic E-state index is 0.116. The van der Waals surface area contributed by atoms with E-state index in [9.17, 15) is 20.0 Å². The second kappa shape index (κ2) is 6.17. The number of pyridine rings is 1. The highest BCUT2D eigenvalue weighted by molar-refractivity contribution is 9.10. The van der Waals surface area contributed by atoms with Crippen LogP contribution in [-0.2, 0) is 4.79 Å². The molecule has 1 rings (SSSR count). The van der Waals surface area contributed by atoms with Crippen LogP contribution in [0.1, 0.15) is 32.3 Å². The number of nitrogens with one attached hydrogen (secondary N) is 1. The Kier molecular flexibility index (Phi) is 5.04. The summed E-state index contributed by atoms with van der Waals surface area (Å²) in [7, 11) is 0. The Hall–Kier alpha value is -1.70. The number of halogens is 1. The number of carbonyl (C=O) groups is 1. The molecular weight excluding hydrogens is 330 g/mol. The maximum absolute atomic E-state index is 11.4. The first-order chi connectivity index (χ1) is 9.23. The quantitative estimate of drug-likeness (QED) is 0.606. The summed E-state index contributed by atoms with van der Waals surface area (Å²) in [6.45, 7) is 5.02. The van der Waals surface area contributed by atoms with Gasteiger partial charge in [0.1, 0.15) is 17.6 Å². The van der Waals surface area contributed by atoms with Gasteiger partial charge < -0.3 is 10.4 Å². The average Bonchev–Trinajstić information content (AvgIpc) is 2.35. The molecule has 0 spiro atoms. The van der Waals surface area contributed by atoms with Crippen molar-refractivity contribution >= 4 is 33.4 Å². The maximum atomic E-state index is 11.4. The Balaban J connectivity index is 3.19. The summed E-state index contributed by atoms with van der Waals surface area (Å²) in [4.78, 5) is 25.6. The van der Waals surface area contributed by atoms with E-state index in [2.05, 4.69) is 26.2 Å². The SMILES string of the molecule is CCCC(C)(Nc1ncc([N+](=O)[O-])c(C)c1Br)C(=O)O. The van der Waals surface area contributed by atoms with Crippen molar-refractivity contribution in [1.29, 1.82) is 0 Å². The van der Waals surface area contributed by atoms with Gasteiger partial charge in [-0.1, -0.05) is 13.3 Å². The molecule has 1 aromatic rings. The van der Waals surface area contributed by atoms with Crippen molar-refractivity contribution in [2.75, 3.05) is 5.32 Å². The van der Waals surface area contributed by atoms with E-state index < -0.39 is 16.4 Å². The maximum Gasteiger partial charge on any atom is 0.329 e. The van der Waals surface area contributed by atoms with Gasteiger partial charge >= 0.3 is 5.97 Å². The zero-order valence-corrected chi connectivity index (χ0v) is 13.0. The largest absolute Gasteiger partial charge is 0.480 e. The van der Waals surface area contributed by atoms with Crippen LogP contribution >= 0.6 is 15.9 Å². The van der Waals surface area contributed by atoms with E-state index in [-0.39, 0.29) is 11.5 Å². The summed E-state index contributed by atoms with van der Waals surface area (Å²) in [6, 6.07) is 0. The van der Waals surface area contributed by atoms with Gasteiger partial charge in [-0.25, -0.2) is 9.78 Å². The van der Waals surface area contributed by atoms with Crippen molar-refractivity contribution in [2.45, 2.75) is 39.2 Å². The Bertz CT molecular complexity index is 550. The summed E-state index contributed by atoms with van der Waals surface area (Å²) in [5.41, 5.74) is -0.890. The molecule has 0 aliphatic rings. The molecule has 2 N–H and O–H groups in total.